The number of ether oxygens (including phenoxy) is 2. The molecule has 0 radical (unpaired) electrons. The van der Waals surface area contributed by atoms with Gasteiger partial charge >= 0.3 is 5.97 Å². The zero-order chi connectivity index (χ0) is 22.3. The van der Waals surface area contributed by atoms with Crippen LogP contribution in [0.3, 0.4) is 0 Å². The highest BCUT2D eigenvalue weighted by molar-refractivity contribution is 6.30. The zero-order valence-electron chi connectivity index (χ0n) is 18.3. The topological polar surface area (TPSA) is 38.8 Å². The number of para-hydroxylation sites is 1. The molecule has 3 aromatic carbocycles. The Bertz CT molecular complexity index is 1140. The van der Waals surface area contributed by atoms with Crippen molar-refractivity contribution in [3.05, 3.63) is 94.5 Å². The normalized spacial score (nSPS) is 19.8. The first kappa shape index (κ1) is 21.0. The fraction of sp³-hybridized carbons (Fsp3) is 0.296. The summed E-state index contributed by atoms with van der Waals surface area (Å²) in [6, 6.07) is 23.8. The van der Waals surface area contributed by atoms with Gasteiger partial charge in [0.05, 0.1) is 5.41 Å². The van der Waals surface area contributed by atoms with Gasteiger partial charge in [-0.2, -0.15) is 0 Å². The number of halogens is 1. The summed E-state index contributed by atoms with van der Waals surface area (Å²) in [5.74, 6) is 1.97. The van der Waals surface area contributed by atoms with E-state index in [0.717, 1.165) is 35.7 Å². The highest BCUT2D eigenvalue weighted by Gasteiger charge is 2.40. The average molecular weight is 448 g/mol. The van der Waals surface area contributed by atoms with Gasteiger partial charge in [0.2, 0.25) is 0 Å². The molecule has 32 heavy (non-hydrogen) atoms. The molecule has 164 valence electrons. The Labute approximate surface area is 193 Å². The van der Waals surface area contributed by atoms with Gasteiger partial charge in [-0.25, -0.2) is 0 Å². The quantitative estimate of drug-likeness (QED) is 0.452. The third-order valence-electron chi connectivity index (χ3n) is 6.69. The fourth-order valence-electron chi connectivity index (χ4n) is 4.82. The van der Waals surface area contributed by atoms with E-state index in [1.54, 1.807) is 0 Å². The van der Waals surface area contributed by atoms with Gasteiger partial charge < -0.3 is 9.47 Å². The van der Waals surface area contributed by atoms with Crippen molar-refractivity contribution in [1.29, 1.82) is 0 Å². The van der Waals surface area contributed by atoms with Gasteiger partial charge in [-0.15, -0.1) is 0 Å². The van der Waals surface area contributed by atoms with Crippen molar-refractivity contribution in [3.8, 4) is 11.5 Å². The van der Waals surface area contributed by atoms with Gasteiger partial charge in [-0.3, -0.25) is 9.69 Å². The lowest BCUT2D eigenvalue weighted by molar-refractivity contribution is -0.153. The lowest BCUT2D eigenvalue weighted by Crippen LogP contribution is -2.35. The van der Waals surface area contributed by atoms with E-state index in [-0.39, 0.29) is 24.5 Å². The number of hydrogen-bond donors (Lipinski definition) is 0. The van der Waals surface area contributed by atoms with Crippen LogP contribution in [0.15, 0.2) is 72.8 Å². The maximum Gasteiger partial charge on any atom is 0.317 e. The summed E-state index contributed by atoms with van der Waals surface area (Å²) in [5.41, 5.74) is 2.54. The largest absolute Gasteiger partial charge is 0.457 e. The molecular weight excluding hydrogens is 422 g/mol. The van der Waals surface area contributed by atoms with Gasteiger partial charge in [0.15, 0.2) is 0 Å². The first-order valence-electron chi connectivity index (χ1n) is 10.9. The first-order chi connectivity index (χ1) is 15.4. The van der Waals surface area contributed by atoms with Crippen LogP contribution < -0.4 is 4.74 Å². The summed E-state index contributed by atoms with van der Waals surface area (Å²) in [4.78, 5) is 15.2. The molecule has 5 heteroatoms. The highest BCUT2D eigenvalue weighted by atomic mass is 35.5. The second-order valence-corrected chi connectivity index (χ2v) is 9.56. The van der Waals surface area contributed by atoms with E-state index in [2.05, 4.69) is 11.0 Å². The molecule has 0 aliphatic carbocycles. The van der Waals surface area contributed by atoms with Crippen LogP contribution in [0, 0.1) is 0 Å². The molecule has 0 saturated carbocycles. The van der Waals surface area contributed by atoms with E-state index in [0.29, 0.717) is 5.02 Å². The lowest BCUT2D eigenvalue weighted by atomic mass is 9.84. The van der Waals surface area contributed by atoms with E-state index in [1.807, 2.05) is 80.6 Å². The van der Waals surface area contributed by atoms with Crippen molar-refractivity contribution < 1.29 is 14.3 Å². The number of rotatable bonds is 4. The molecule has 0 aromatic heterocycles. The summed E-state index contributed by atoms with van der Waals surface area (Å²) in [6.07, 6.45) is 0. The minimum Gasteiger partial charge on any atom is -0.457 e. The van der Waals surface area contributed by atoms with Crippen molar-refractivity contribution in [3.63, 3.8) is 0 Å². The number of nitrogens with zero attached hydrogens (tertiary/aromatic N) is 1. The Morgan fingerprint density at radius 3 is 2.41 bits per heavy atom. The van der Waals surface area contributed by atoms with E-state index < -0.39 is 5.41 Å². The predicted molar refractivity (Wildman–Crippen MR) is 125 cm³/mol. The molecule has 1 saturated heterocycles. The van der Waals surface area contributed by atoms with E-state index in [9.17, 15) is 4.79 Å². The van der Waals surface area contributed by atoms with Crippen molar-refractivity contribution in [2.24, 2.45) is 0 Å². The van der Waals surface area contributed by atoms with Crippen LogP contribution in [-0.2, 0) is 14.9 Å². The molecule has 4 nitrogen and oxygen atoms in total. The minimum atomic E-state index is -0.703. The number of carbonyl (C=O) groups is 1. The lowest BCUT2D eigenvalue weighted by Gasteiger charge is -2.25. The maximum atomic E-state index is 12.9. The third kappa shape index (κ3) is 3.78. The van der Waals surface area contributed by atoms with Crippen molar-refractivity contribution >= 4 is 17.6 Å². The monoisotopic (exact) mass is 447 g/mol. The molecule has 2 aliphatic heterocycles. The standard InChI is InChI=1S/C27H26ClNO3/c1-27(2,18-8-4-3-5-9-18)26(30)31-17-29-15-22-20-10-6-7-11-24(20)32-25-13-12-19(28)14-21(25)23(22)16-29/h3-14,22-23H,15-17H2,1-2H3. The Kier molecular flexibility index (Phi) is 5.44. The van der Waals surface area contributed by atoms with E-state index in [1.165, 1.54) is 5.56 Å². The van der Waals surface area contributed by atoms with Crippen LogP contribution >= 0.6 is 11.6 Å². The van der Waals surface area contributed by atoms with Gasteiger partial charge in [0, 0.05) is 35.5 Å². The molecule has 2 aliphatic rings. The number of likely N-dealkylation sites (tertiary alicyclic amines) is 1. The molecule has 3 aromatic rings. The number of fused-ring (bicyclic) bond motifs is 5. The zero-order valence-corrected chi connectivity index (χ0v) is 19.0. The Hall–Kier alpha value is -2.82. The SMILES string of the molecule is CC(C)(C(=O)OCN1CC2c3ccccc3Oc3ccc(Cl)cc3C2C1)c1ccccc1. The van der Waals surface area contributed by atoms with E-state index in [4.69, 9.17) is 21.1 Å². The predicted octanol–water partition coefficient (Wildman–Crippen LogP) is 6.11. The van der Waals surface area contributed by atoms with Gasteiger partial charge in [-0.05, 0) is 49.2 Å². The number of carbonyl (C=O) groups excluding carboxylic acids is 1. The molecule has 0 spiro atoms. The minimum absolute atomic E-state index is 0.216. The summed E-state index contributed by atoms with van der Waals surface area (Å²) >= 11 is 6.34. The molecule has 2 unspecified atom stereocenters. The van der Waals surface area contributed by atoms with Crippen LogP contribution in [0.5, 0.6) is 11.5 Å². The molecule has 2 atom stereocenters. The fourth-order valence-corrected chi connectivity index (χ4v) is 5.00. The highest BCUT2D eigenvalue weighted by Crippen LogP contribution is 2.50. The Balaban J connectivity index is 1.37. The summed E-state index contributed by atoms with van der Waals surface area (Å²) in [6.45, 7) is 5.64. The Morgan fingerprint density at radius 1 is 0.969 bits per heavy atom. The molecule has 2 heterocycles. The van der Waals surface area contributed by atoms with Crippen LogP contribution in [-0.4, -0.2) is 30.7 Å². The van der Waals surface area contributed by atoms with Gasteiger partial charge in [0.1, 0.15) is 18.2 Å². The molecule has 0 amide bonds. The van der Waals surface area contributed by atoms with Gasteiger partial charge in [-0.1, -0.05) is 60.1 Å². The smallest absolute Gasteiger partial charge is 0.317 e. The van der Waals surface area contributed by atoms with Crippen molar-refractivity contribution in [2.75, 3.05) is 19.8 Å². The second-order valence-electron chi connectivity index (χ2n) is 9.12. The van der Waals surface area contributed by atoms with Crippen molar-refractivity contribution in [2.45, 2.75) is 31.1 Å². The molecule has 1 fully saturated rings. The number of esters is 1. The average Bonchev–Trinajstić information content (AvgIpc) is 3.18. The van der Waals surface area contributed by atoms with Gasteiger partial charge in [0.25, 0.3) is 0 Å². The maximum absolute atomic E-state index is 12.9. The summed E-state index contributed by atoms with van der Waals surface area (Å²) < 4.78 is 12.1. The molecule has 0 bridgehead atoms. The number of hydrogen-bond acceptors (Lipinski definition) is 4. The van der Waals surface area contributed by atoms with Crippen LogP contribution in [0.25, 0.3) is 0 Å². The molecule has 5 rings (SSSR count). The van der Waals surface area contributed by atoms with Crippen LogP contribution in [0.4, 0.5) is 0 Å². The second kappa shape index (κ2) is 8.27. The van der Waals surface area contributed by atoms with Crippen LogP contribution in [0.1, 0.15) is 42.4 Å². The van der Waals surface area contributed by atoms with E-state index >= 15 is 0 Å². The summed E-state index contributed by atoms with van der Waals surface area (Å²) in [5, 5.41) is 0.701. The molecule has 0 N–H and O–H groups in total. The number of benzene rings is 3. The van der Waals surface area contributed by atoms with Crippen LogP contribution in [0.2, 0.25) is 5.02 Å². The first-order valence-corrected chi connectivity index (χ1v) is 11.3. The summed E-state index contributed by atoms with van der Waals surface area (Å²) in [7, 11) is 0. The van der Waals surface area contributed by atoms with Crippen molar-refractivity contribution in [1.82, 2.24) is 4.90 Å². The Morgan fingerprint density at radius 2 is 1.62 bits per heavy atom. The molecular formula is C27H26ClNO3. The third-order valence-corrected chi connectivity index (χ3v) is 6.92.